The van der Waals surface area contributed by atoms with E-state index in [1.165, 1.54) is 0 Å². The Bertz CT molecular complexity index is 628. The smallest absolute Gasteiger partial charge is 0.234 e. The highest BCUT2D eigenvalue weighted by molar-refractivity contribution is 7.80. The average molecular weight is 393 g/mol. The molecule has 27 heavy (non-hydrogen) atoms. The van der Waals surface area contributed by atoms with Crippen LogP contribution in [0.15, 0.2) is 24.3 Å². The normalized spacial score (nSPS) is 15.8. The molecule has 0 aliphatic carbocycles. The van der Waals surface area contributed by atoms with Gasteiger partial charge in [-0.3, -0.25) is 9.69 Å². The molecule has 1 aliphatic heterocycles. The van der Waals surface area contributed by atoms with Gasteiger partial charge in [-0.05, 0) is 57.1 Å². The molecule has 2 rings (SSSR count). The zero-order valence-corrected chi connectivity index (χ0v) is 17.7. The predicted molar refractivity (Wildman–Crippen MR) is 113 cm³/mol. The lowest BCUT2D eigenvalue weighted by Crippen LogP contribution is -2.47. The molecule has 0 spiro atoms. The third-order valence-electron chi connectivity index (χ3n) is 4.36. The minimum absolute atomic E-state index is 0.0798. The Morgan fingerprint density at radius 1 is 1.15 bits per heavy atom. The maximum Gasteiger partial charge on any atom is 0.234 e. The van der Waals surface area contributed by atoms with E-state index in [9.17, 15) is 4.79 Å². The van der Waals surface area contributed by atoms with Crippen LogP contribution in [0.5, 0.6) is 5.75 Å². The van der Waals surface area contributed by atoms with Crippen molar-refractivity contribution in [3.05, 3.63) is 29.8 Å². The molecule has 1 aliphatic rings. The molecule has 0 unspecified atom stereocenters. The molecule has 1 aromatic carbocycles. The summed E-state index contributed by atoms with van der Waals surface area (Å²) in [5, 5.41) is 7.14. The largest absolute Gasteiger partial charge is 0.497 e. The number of nitrogens with zero attached hydrogens (tertiary/aromatic N) is 2. The second-order valence-corrected chi connectivity index (χ2v) is 8.31. The summed E-state index contributed by atoms with van der Waals surface area (Å²) >= 11 is 5.57. The molecule has 1 saturated heterocycles. The molecule has 0 atom stereocenters. The monoisotopic (exact) mass is 392 g/mol. The van der Waals surface area contributed by atoms with Crippen molar-refractivity contribution in [2.45, 2.75) is 39.3 Å². The fraction of sp³-hybridized carbons (Fsp3) is 0.600. The minimum Gasteiger partial charge on any atom is -0.497 e. The number of benzene rings is 1. The first kappa shape index (κ1) is 21.4. The summed E-state index contributed by atoms with van der Waals surface area (Å²) in [5.41, 5.74) is 0.968. The van der Waals surface area contributed by atoms with Crippen LogP contribution < -0.4 is 15.4 Å². The Balaban J connectivity index is 1.77. The van der Waals surface area contributed by atoms with Gasteiger partial charge in [0.1, 0.15) is 5.75 Å². The molecule has 1 heterocycles. The summed E-state index contributed by atoms with van der Waals surface area (Å²) in [7, 11) is 1.66. The Kier molecular flexibility index (Phi) is 7.86. The topological polar surface area (TPSA) is 56.8 Å². The number of ether oxygens (including phenoxy) is 1. The van der Waals surface area contributed by atoms with Crippen LogP contribution in [0.1, 0.15) is 32.8 Å². The van der Waals surface area contributed by atoms with Gasteiger partial charge in [0.05, 0.1) is 13.7 Å². The van der Waals surface area contributed by atoms with E-state index in [1.54, 1.807) is 7.11 Å². The number of amides is 1. The second-order valence-electron chi connectivity index (χ2n) is 7.92. The highest BCUT2D eigenvalue weighted by Gasteiger charge is 2.20. The summed E-state index contributed by atoms with van der Waals surface area (Å²) in [6, 6.07) is 7.97. The van der Waals surface area contributed by atoms with Crippen molar-refractivity contribution in [2.75, 3.05) is 39.8 Å². The van der Waals surface area contributed by atoms with Crippen molar-refractivity contribution in [3.63, 3.8) is 0 Å². The molecule has 1 amide bonds. The average Bonchev–Trinajstić information content (AvgIpc) is 2.84. The number of carbonyl (C=O) groups excluding carboxylic acids is 1. The number of nitrogens with one attached hydrogen (secondary N) is 2. The lowest BCUT2D eigenvalue weighted by atomic mass is 10.1. The third kappa shape index (κ3) is 7.72. The molecule has 2 N–H and O–H groups in total. The van der Waals surface area contributed by atoms with Crippen molar-refractivity contribution in [2.24, 2.45) is 0 Å². The fourth-order valence-corrected chi connectivity index (χ4v) is 3.28. The van der Waals surface area contributed by atoms with Crippen LogP contribution in [0.25, 0.3) is 0 Å². The van der Waals surface area contributed by atoms with Crippen LogP contribution >= 0.6 is 12.2 Å². The molecule has 150 valence electrons. The SMILES string of the molecule is COc1ccc(CNC(=S)N2CCCN(CC(=O)NC(C)(C)C)CC2)cc1. The van der Waals surface area contributed by atoms with Crippen LogP contribution in [0.3, 0.4) is 0 Å². The van der Waals surface area contributed by atoms with Crippen LogP contribution in [-0.2, 0) is 11.3 Å². The van der Waals surface area contributed by atoms with Gasteiger partial charge in [0.25, 0.3) is 0 Å². The van der Waals surface area contributed by atoms with E-state index < -0.39 is 0 Å². The van der Waals surface area contributed by atoms with Crippen LogP contribution in [0.2, 0.25) is 0 Å². The maximum atomic E-state index is 12.1. The van der Waals surface area contributed by atoms with Crippen molar-refractivity contribution >= 4 is 23.2 Å². The van der Waals surface area contributed by atoms with Crippen molar-refractivity contribution < 1.29 is 9.53 Å². The molecule has 1 fully saturated rings. The minimum atomic E-state index is -0.193. The van der Waals surface area contributed by atoms with E-state index in [0.717, 1.165) is 49.0 Å². The molecule has 0 aromatic heterocycles. The summed E-state index contributed by atoms with van der Waals surface area (Å²) in [5.74, 6) is 0.931. The fourth-order valence-electron chi connectivity index (χ4n) is 3.03. The number of rotatable bonds is 5. The van der Waals surface area contributed by atoms with Gasteiger partial charge in [0.2, 0.25) is 5.91 Å². The van der Waals surface area contributed by atoms with Crippen LogP contribution in [-0.4, -0.2) is 66.2 Å². The number of hydrogen-bond acceptors (Lipinski definition) is 4. The molecule has 1 aromatic rings. The Morgan fingerprint density at radius 3 is 2.48 bits per heavy atom. The molecule has 0 bridgehead atoms. The lowest BCUT2D eigenvalue weighted by molar-refractivity contribution is -0.123. The van der Waals surface area contributed by atoms with E-state index in [1.807, 2.05) is 45.0 Å². The van der Waals surface area contributed by atoms with Gasteiger partial charge in [-0.2, -0.15) is 0 Å². The molecule has 0 saturated carbocycles. The van der Waals surface area contributed by atoms with Gasteiger partial charge in [-0.15, -0.1) is 0 Å². The summed E-state index contributed by atoms with van der Waals surface area (Å²) in [6.45, 7) is 10.6. The predicted octanol–water partition coefficient (Wildman–Crippen LogP) is 1.99. The highest BCUT2D eigenvalue weighted by Crippen LogP contribution is 2.11. The molecule has 7 heteroatoms. The lowest BCUT2D eigenvalue weighted by Gasteiger charge is -2.26. The zero-order valence-electron chi connectivity index (χ0n) is 16.9. The Hall–Kier alpha value is -1.86. The van der Waals surface area contributed by atoms with E-state index in [4.69, 9.17) is 17.0 Å². The molecule has 6 nitrogen and oxygen atoms in total. The van der Waals surface area contributed by atoms with E-state index in [2.05, 4.69) is 20.4 Å². The van der Waals surface area contributed by atoms with Gasteiger partial charge >= 0.3 is 0 Å². The molecular weight excluding hydrogens is 360 g/mol. The van der Waals surface area contributed by atoms with Gasteiger partial charge < -0.3 is 20.3 Å². The van der Waals surface area contributed by atoms with Crippen LogP contribution in [0.4, 0.5) is 0 Å². The second kappa shape index (κ2) is 9.90. The van der Waals surface area contributed by atoms with E-state index >= 15 is 0 Å². The van der Waals surface area contributed by atoms with Crippen molar-refractivity contribution in [1.82, 2.24) is 20.4 Å². The zero-order chi connectivity index (χ0) is 19.9. The van der Waals surface area contributed by atoms with E-state index in [-0.39, 0.29) is 11.4 Å². The van der Waals surface area contributed by atoms with Crippen LogP contribution in [0, 0.1) is 0 Å². The van der Waals surface area contributed by atoms with Crippen molar-refractivity contribution in [3.8, 4) is 5.75 Å². The molecule has 0 radical (unpaired) electrons. The van der Waals surface area contributed by atoms with Gasteiger partial charge in [0, 0.05) is 38.3 Å². The number of thiocarbonyl (C=S) groups is 1. The number of carbonyl (C=O) groups is 1. The van der Waals surface area contributed by atoms with Gasteiger partial charge in [-0.25, -0.2) is 0 Å². The van der Waals surface area contributed by atoms with E-state index in [0.29, 0.717) is 13.1 Å². The number of hydrogen-bond donors (Lipinski definition) is 2. The van der Waals surface area contributed by atoms with Gasteiger partial charge in [-0.1, -0.05) is 12.1 Å². The standard InChI is InChI=1S/C20H32N4O2S/c1-20(2,3)22-18(25)15-23-10-5-11-24(13-12-23)19(27)21-14-16-6-8-17(26-4)9-7-16/h6-9H,5,10-15H2,1-4H3,(H,21,27)(H,22,25). The quantitative estimate of drug-likeness (QED) is 0.748. The number of methoxy groups -OCH3 is 1. The van der Waals surface area contributed by atoms with Crippen molar-refractivity contribution in [1.29, 1.82) is 0 Å². The third-order valence-corrected chi connectivity index (χ3v) is 4.76. The first-order valence-electron chi connectivity index (χ1n) is 9.46. The Labute approximate surface area is 168 Å². The first-order valence-corrected chi connectivity index (χ1v) is 9.87. The molecular formula is C20H32N4O2S. The summed E-state index contributed by atoms with van der Waals surface area (Å²) < 4.78 is 5.18. The van der Waals surface area contributed by atoms with Gasteiger partial charge in [0.15, 0.2) is 5.11 Å². The first-order chi connectivity index (χ1) is 12.8. The Morgan fingerprint density at radius 2 is 1.85 bits per heavy atom. The summed E-state index contributed by atoms with van der Waals surface area (Å²) in [6.07, 6.45) is 0.993. The highest BCUT2D eigenvalue weighted by atomic mass is 32.1. The maximum absolute atomic E-state index is 12.1. The summed E-state index contributed by atoms with van der Waals surface area (Å²) in [4.78, 5) is 16.5.